The lowest BCUT2D eigenvalue weighted by molar-refractivity contribution is 0.186. The van der Waals surface area contributed by atoms with Crippen LogP contribution in [0.1, 0.15) is 80.1 Å². The van der Waals surface area contributed by atoms with E-state index in [0.717, 1.165) is 56.9 Å². The van der Waals surface area contributed by atoms with E-state index in [9.17, 15) is 0 Å². The molecule has 0 aromatic rings. The van der Waals surface area contributed by atoms with E-state index in [0.29, 0.717) is 6.04 Å². The van der Waals surface area contributed by atoms with Gasteiger partial charge in [0.25, 0.3) is 0 Å². The molecule has 0 rings (SSSR count). The summed E-state index contributed by atoms with van der Waals surface area (Å²) in [7, 11) is 0. The van der Waals surface area contributed by atoms with Gasteiger partial charge in [-0.05, 0) is 38.7 Å². The molecule has 0 aromatic carbocycles. The lowest BCUT2D eigenvalue weighted by atomic mass is 10.1. The number of ether oxygens (including phenoxy) is 1. The van der Waals surface area contributed by atoms with Gasteiger partial charge in [-0.25, -0.2) is 0 Å². The lowest BCUT2D eigenvalue weighted by Gasteiger charge is -2.17. The van der Waals surface area contributed by atoms with Crippen molar-refractivity contribution in [2.24, 2.45) is 10.9 Å². The van der Waals surface area contributed by atoms with Crippen LogP contribution < -0.4 is 5.32 Å². The molecule has 0 aromatic heterocycles. The fraction of sp³-hybridized carbons (Fsp3) is 0.708. The molecular formula is C24H44N2O. The number of unbranched alkanes of at least 4 members (excludes halogenated alkanes) is 2. The Morgan fingerprint density at radius 2 is 1.81 bits per heavy atom. The molecule has 0 aliphatic rings. The molecule has 2 atom stereocenters. The molecule has 0 bridgehead atoms. The molecule has 2 unspecified atom stereocenters. The van der Waals surface area contributed by atoms with E-state index in [1.807, 2.05) is 0 Å². The Morgan fingerprint density at radius 3 is 2.44 bits per heavy atom. The van der Waals surface area contributed by atoms with Crippen molar-refractivity contribution >= 4 is 5.71 Å². The highest BCUT2D eigenvalue weighted by molar-refractivity contribution is 5.97. The van der Waals surface area contributed by atoms with Crippen LogP contribution in [0.4, 0.5) is 0 Å². The molecule has 0 fully saturated rings. The first kappa shape index (κ1) is 25.6. The van der Waals surface area contributed by atoms with Gasteiger partial charge in [-0.15, -0.1) is 0 Å². The van der Waals surface area contributed by atoms with E-state index in [4.69, 9.17) is 9.73 Å². The predicted molar refractivity (Wildman–Crippen MR) is 122 cm³/mol. The second-order valence-electron chi connectivity index (χ2n) is 7.18. The molecule has 27 heavy (non-hydrogen) atoms. The second-order valence-corrected chi connectivity index (χ2v) is 7.18. The largest absolute Gasteiger partial charge is 0.497 e. The Hall–Kier alpha value is -1.35. The van der Waals surface area contributed by atoms with Gasteiger partial charge in [-0.3, -0.25) is 4.99 Å². The van der Waals surface area contributed by atoms with Gasteiger partial charge in [-0.2, -0.15) is 0 Å². The van der Waals surface area contributed by atoms with Gasteiger partial charge in [0.2, 0.25) is 0 Å². The minimum Gasteiger partial charge on any atom is -0.497 e. The zero-order chi connectivity index (χ0) is 20.3. The van der Waals surface area contributed by atoms with Gasteiger partial charge < -0.3 is 10.1 Å². The van der Waals surface area contributed by atoms with Gasteiger partial charge in [0.1, 0.15) is 5.76 Å². The molecule has 1 N–H and O–H groups in total. The van der Waals surface area contributed by atoms with Crippen molar-refractivity contribution < 1.29 is 4.74 Å². The van der Waals surface area contributed by atoms with E-state index >= 15 is 0 Å². The number of nitrogens with one attached hydrogen (secondary N) is 1. The Bertz CT molecular complexity index is 463. The molecule has 0 heterocycles. The second kappa shape index (κ2) is 18.0. The highest BCUT2D eigenvalue weighted by Gasteiger charge is 2.10. The molecule has 0 radical (unpaired) electrons. The third-order valence-electron chi connectivity index (χ3n) is 4.44. The highest BCUT2D eigenvalue weighted by Crippen LogP contribution is 2.15. The standard InChI is InChI=1S/C24H44N2O/c1-7-11-13-14-16-21(5)24(27-18-15-12-8-2)19-23(25-17-9-3)20-26-22(6)10-4/h11,13-14,16,19,21-22,26H,7-10,12,15,17-18,20H2,1-6H3/b13-11-,16-14-,24-19+,25-23+. The number of aliphatic imine (C=N–C) groups is 1. The maximum atomic E-state index is 6.18. The predicted octanol–water partition coefficient (Wildman–Crippen LogP) is 6.47. The first-order valence-electron chi connectivity index (χ1n) is 11.0. The summed E-state index contributed by atoms with van der Waals surface area (Å²) in [4.78, 5) is 4.78. The van der Waals surface area contributed by atoms with Crippen LogP contribution >= 0.6 is 0 Å². The van der Waals surface area contributed by atoms with Crippen molar-refractivity contribution in [3.05, 3.63) is 36.1 Å². The summed E-state index contributed by atoms with van der Waals surface area (Å²) in [6, 6.07) is 0.496. The first-order valence-corrected chi connectivity index (χ1v) is 11.0. The summed E-state index contributed by atoms with van der Waals surface area (Å²) < 4.78 is 6.18. The maximum absolute atomic E-state index is 6.18. The van der Waals surface area contributed by atoms with E-state index in [1.54, 1.807) is 0 Å². The molecular weight excluding hydrogens is 332 g/mol. The summed E-state index contributed by atoms with van der Waals surface area (Å²) >= 11 is 0. The third kappa shape index (κ3) is 14.4. The third-order valence-corrected chi connectivity index (χ3v) is 4.44. The number of hydrogen-bond donors (Lipinski definition) is 1. The number of allylic oxidation sites excluding steroid dienone is 4. The van der Waals surface area contributed by atoms with E-state index in [1.165, 1.54) is 12.8 Å². The normalized spacial score (nSPS) is 15.6. The van der Waals surface area contributed by atoms with Crippen LogP contribution in [0.2, 0.25) is 0 Å². The monoisotopic (exact) mass is 376 g/mol. The fourth-order valence-electron chi connectivity index (χ4n) is 2.38. The van der Waals surface area contributed by atoms with Gasteiger partial charge in [0.05, 0.1) is 12.3 Å². The molecule has 0 aliphatic carbocycles. The van der Waals surface area contributed by atoms with Crippen molar-refractivity contribution in [1.82, 2.24) is 5.32 Å². The van der Waals surface area contributed by atoms with Crippen LogP contribution in [-0.4, -0.2) is 31.4 Å². The molecule has 0 aliphatic heterocycles. The zero-order valence-electron chi connectivity index (χ0n) is 18.8. The number of rotatable bonds is 16. The summed E-state index contributed by atoms with van der Waals surface area (Å²) in [6.07, 6.45) is 17.5. The summed E-state index contributed by atoms with van der Waals surface area (Å²) in [5.41, 5.74) is 1.09. The van der Waals surface area contributed by atoms with Crippen LogP contribution in [0.15, 0.2) is 41.1 Å². The summed E-state index contributed by atoms with van der Waals surface area (Å²) in [5, 5.41) is 3.56. The Balaban J connectivity index is 5.25. The van der Waals surface area contributed by atoms with Crippen molar-refractivity contribution in [3.8, 4) is 0 Å². The first-order chi connectivity index (χ1) is 13.1. The van der Waals surface area contributed by atoms with E-state index in [2.05, 4.69) is 77.2 Å². The highest BCUT2D eigenvalue weighted by atomic mass is 16.5. The quantitative estimate of drug-likeness (QED) is 0.145. The van der Waals surface area contributed by atoms with Gasteiger partial charge in [-0.1, -0.05) is 71.8 Å². The summed E-state index contributed by atoms with van der Waals surface area (Å²) in [6.45, 7) is 15.6. The smallest absolute Gasteiger partial charge is 0.104 e. The van der Waals surface area contributed by atoms with Crippen LogP contribution in [-0.2, 0) is 4.74 Å². The van der Waals surface area contributed by atoms with Crippen LogP contribution in [0.5, 0.6) is 0 Å². The average molecular weight is 377 g/mol. The number of nitrogens with zero attached hydrogens (tertiary/aromatic N) is 1. The van der Waals surface area contributed by atoms with Gasteiger partial charge in [0.15, 0.2) is 0 Å². The molecule has 3 nitrogen and oxygen atoms in total. The molecule has 0 spiro atoms. The molecule has 0 amide bonds. The van der Waals surface area contributed by atoms with Crippen LogP contribution in [0.3, 0.4) is 0 Å². The van der Waals surface area contributed by atoms with Crippen molar-refractivity contribution in [1.29, 1.82) is 0 Å². The zero-order valence-corrected chi connectivity index (χ0v) is 18.8. The van der Waals surface area contributed by atoms with Crippen LogP contribution in [0, 0.1) is 5.92 Å². The minimum atomic E-state index is 0.239. The molecule has 0 saturated heterocycles. The Labute approximate surface area is 169 Å². The van der Waals surface area contributed by atoms with Crippen molar-refractivity contribution in [2.45, 2.75) is 86.1 Å². The summed E-state index contributed by atoms with van der Waals surface area (Å²) in [5.74, 6) is 1.26. The SMILES string of the molecule is CC/C=C\C=C/C(C)/C(=C\C(CNC(C)CC)=N/CCC)OCCCCC. The molecule has 0 saturated carbocycles. The molecule has 156 valence electrons. The fourth-order valence-corrected chi connectivity index (χ4v) is 2.38. The van der Waals surface area contributed by atoms with E-state index < -0.39 is 0 Å². The Kier molecular flexibility index (Phi) is 17.1. The van der Waals surface area contributed by atoms with Gasteiger partial charge >= 0.3 is 0 Å². The van der Waals surface area contributed by atoms with Crippen LogP contribution in [0.25, 0.3) is 0 Å². The van der Waals surface area contributed by atoms with E-state index in [-0.39, 0.29) is 5.92 Å². The number of hydrogen-bond acceptors (Lipinski definition) is 3. The molecule has 3 heteroatoms. The lowest BCUT2D eigenvalue weighted by Crippen LogP contribution is -2.30. The minimum absolute atomic E-state index is 0.239. The van der Waals surface area contributed by atoms with Crippen molar-refractivity contribution in [3.63, 3.8) is 0 Å². The topological polar surface area (TPSA) is 33.6 Å². The average Bonchev–Trinajstić information content (AvgIpc) is 2.68. The van der Waals surface area contributed by atoms with Gasteiger partial charge in [0, 0.05) is 25.0 Å². The maximum Gasteiger partial charge on any atom is 0.104 e. The van der Waals surface area contributed by atoms with Crippen molar-refractivity contribution in [2.75, 3.05) is 19.7 Å². The Morgan fingerprint density at radius 1 is 1.04 bits per heavy atom.